The second-order valence-corrected chi connectivity index (χ2v) is 5.63. The third-order valence-electron chi connectivity index (χ3n) is 3.16. The molecule has 0 nitrogen and oxygen atoms in total. The standard InChI is InChI=1S/C17H18S/c1-3-17(4-2,15-11-7-5-8-12-15)18-16-13-9-6-10-14-16/h3,5-14H,1,4H2,2H3. The van der Waals surface area contributed by atoms with Crippen molar-refractivity contribution in [3.05, 3.63) is 78.9 Å². The molecule has 0 heterocycles. The molecule has 0 radical (unpaired) electrons. The third-order valence-corrected chi connectivity index (χ3v) is 4.72. The van der Waals surface area contributed by atoms with E-state index < -0.39 is 0 Å². The van der Waals surface area contributed by atoms with Gasteiger partial charge in [0, 0.05) is 4.90 Å². The first-order valence-electron chi connectivity index (χ1n) is 6.24. The van der Waals surface area contributed by atoms with Crippen molar-refractivity contribution in [1.29, 1.82) is 0 Å². The molecule has 0 aliphatic carbocycles. The van der Waals surface area contributed by atoms with Crippen molar-refractivity contribution in [2.75, 3.05) is 0 Å². The lowest BCUT2D eigenvalue weighted by Gasteiger charge is -2.29. The molecule has 92 valence electrons. The van der Waals surface area contributed by atoms with Crippen LogP contribution in [0.5, 0.6) is 0 Å². The molecule has 1 heteroatoms. The smallest absolute Gasteiger partial charge is 0.0629 e. The average molecular weight is 254 g/mol. The maximum absolute atomic E-state index is 4.06. The van der Waals surface area contributed by atoms with E-state index in [1.165, 1.54) is 10.5 Å². The molecule has 18 heavy (non-hydrogen) atoms. The molecule has 2 aromatic carbocycles. The van der Waals surface area contributed by atoms with Crippen LogP contribution in [0.15, 0.2) is 78.2 Å². The van der Waals surface area contributed by atoms with Crippen LogP contribution in [0.25, 0.3) is 0 Å². The van der Waals surface area contributed by atoms with Crippen LogP contribution in [-0.4, -0.2) is 0 Å². The molecule has 2 aromatic rings. The normalized spacial score (nSPS) is 13.8. The minimum absolute atomic E-state index is 0.0391. The number of hydrogen-bond acceptors (Lipinski definition) is 1. The molecule has 0 fully saturated rings. The van der Waals surface area contributed by atoms with Gasteiger partial charge in [-0.1, -0.05) is 61.5 Å². The van der Waals surface area contributed by atoms with Gasteiger partial charge in [0.1, 0.15) is 0 Å². The molecular weight excluding hydrogens is 236 g/mol. The molecule has 0 aromatic heterocycles. The van der Waals surface area contributed by atoms with E-state index in [1.54, 1.807) is 0 Å². The monoisotopic (exact) mass is 254 g/mol. The number of rotatable bonds is 5. The van der Waals surface area contributed by atoms with Crippen LogP contribution in [0.4, 0.5) is 0 Å². The topological polar surface area (TPSA) is 0 Å². The third kappa shape index (κ3) is 2.68. The Morgan fingerprint density at radius 2 is 1.56 bits per heavy atom. The Kier molecular flexibility index (Phi) is 4.27. The van der Waals surface area contributed by atoms with Crippen molar-refractivity contribution in [1.82, 2.24) is 0 Å². The Bertz CT molecular complexity index is 490. The Balaban J connectivity index is 2.36. The van der Waals surface area contributed by atoms with E-state index in [2.05, 4.69) is 74.2 Å². The first-order chi connectivity index (χ1) is 8.80. The highest BCUT2D eigenvalue weighted by atomic mass is 32.2. The van der Waals surface area contributed by atoms with E-state index in [4.69, 9.17) is 0 Å². The summed E-state index contributed by atoms with van der Waals surface area (Å²) in [5.41, 5.74) is 1.32. The van der Waals surface area contributed by atoms with E-state index in [1.807, 2.05) is 17.8 Å². The summed E-state index contributed by atoms with van der Waals surface area (Å²) in [6.45, 7) is 6.27. The average Bonchev–Trinajstić information content (AvgIpc) is 2.47. The van der Waals surface area contributed by atoms with E-state index in [0.717, 1.165) is 6.42 Å². The molecule has 0 aliphatic heterocycles. The Hall–Kier alpha value is -1.47. The second-order valence-electron chi connectivity index (χ2n) is 4.23. The lowest BCUT2D eigenvalue weighted by Crippen LogP contribution is -2.17. The first kappa shape index (κ1) is 13.0. The van der Waals surface area contributed by atoms with Gasteiger partial charge in [0.25, 0.3) is 0 Å². The summed E-state index contributed by atoms with van der Waals surface area (Å²) in [5, 5.41) is 0. The van der Waals surface area contributed by atoms with Crippen LogP contribution in [0, 0.1) is 0 Å². The number of thioether (sulfide) groups is 1. The maximum atomic E-state index is 4.06. The molecule has 0 amide bonds. The van der Waals surface area contributed by atoms with Gasteiger partial charge in [0.05, 0.1) is 4.75 Å². The Morgan fingerprint density at radius 3 is 2.06 bits per heavy atom. The SMILES string of the molecule is C=CC(CC)(Sc1ccccc1)c1ccccc1. The van der Waals surface area contributed by atoms with Crippen LogP contribution in [0.2, 0.25) is 0 Å². The minimum atomic E-state index is -0.0391. The molecular formula is C17H18S. The fraction of sp³-hybridized carbons (Fsp3) is 0.176. The highest BCUT2D eigenvalue weighted by Gasteiger charge is 2.27. The number of benzene rings is 2. The maximum Gasteiger partial charge on any atom is 0.0629 e. The van der Waals surface area contributed by atoms with Gasteiger partial charge in [0.15, 0.2) is 0 Å². The molecule has 2 rings (SSSR count). The van der Waals surface area contributed by atoms with Gasteiger partial charge in [-0.15, -0.1) is 18.3 Å². The van der Waals surface area contributed by atoms with Crippen LogP contribution in [0.3, 0.4) is 0 Å². The van der Waals surface area contributed by atoms with Gasteiger partial charge in [0.2, 0.25) is 0 Å². The molecule has 1 atom stereocenters. The van der Waals surface area contributed by atoms with Gasteiger partial charge in [-0.3, -0.25) is 0 Å². The predicted molar refractivity (Wildman–Crippen MR) is 80.9 cm³/mol. The zero-order chi connectivity index (χ0) is 12.8. The van der Waals surface area contributed by atoms with Crippen molar-refractivity contribution in [2.24, 2.45) is 0 Å². The van der Waals surface area contributed by atoms with Gasteiger partial charge in [-0.2, -0.15) is 0 Å². The van der Waals surface area contributed by atoms with Crippen molar-refractivity contribution >= 4 is 11.8 Å². The van der Waals surface area contributed by atoms with Crippen molar-refractivity contribution in [2.45, 2.75) is 23.0 Å². The summed E-state index contributed by atoms with van der Waals surface area (Å²) >= 11 is 1.87. The van der Waals surface area contributed by atoms with E-state index in [-0.39, 0.29) is 4.75 Å². The zero-order valence-electron chi connectivity index (χ0n) is 10.7. The largest absolute Gasteiger partial charge is 0.110 e. The highest BCUT2D eigenvalue weighted by Crippen LogP contribution is 2.44. The molecule has 0 saturated heterocycles. The van der Waals surface area contributed by atoms with E-state index in [9.17, 15) is 0 Å². The van der Waals surface area contributed by atoms with Gasteiger partial charge >= 0.3 is 0 Å². The zero-order valence-corrected chi connectivity index (χ0v) is 11.5. The van der Waals surface area contributed by atoms with Crippen LogP contribution in [-0.2, 0) is 4.75 Å². The fourth-order valence-electron chi connectivity index (χ4n) is 2.06. The van der Waals surface area contributed by atoms with E-state index in [0.29, 0.717) is 0 Å². The summed E-state index contributed by atoms with van der Waals surface area (Å²) in [6.07, 6.45) is 3.10. The summed E-state index contributed by atoms with van der Waals surface area (Å²) in [4.78, 5) is 1.28. The summed E-state index contributed by atoms with van der Waals surface area (Å²) < 4.78 is -0.0391. The van der Waals surface area contributed by atoms with Gasteiger partial charge in [-0.05, 0) is 24.1 Å². The minimum Gasteiger partial charge on any atom is -0.110 e. The molecule has 0 N–H and O–H groups in total. The second kappa shape index (κ2) is 5.92. The van der Waals surface area contributed by atoms with Crippen molar-refractivity contribution in [3.8, 4) is 0 Å². The highest BCUT2D eigenvalue weighted by molar-refractivity contribution is 8.00. The van der Waals surface area contributed by atoms with Crippen molar-refractivity contribution < 1.29 is 0 Å². The fourth-order valence-corrected chi connectivity index (χ4v) is 3.25. The Morgan fingerprint density at radius 1 is 1.00 bits per heavy atom. The predicted octanol–water partition coefficient (Wildman–Crippen LogP) is 5.27. The van der Waals surface area contributed by atoms with Crippen LogP contribution in [0.1, 0.15) is 18.9 Å². The lowest BCUT2D eigenvalue weighted by molar-refractivity contribution is 0.738. The Labute approximate surface area is 114 Å². The molecule has 0 spiro atoms. The van der Waals surface area contributed by atoms with Crippen LogP contribution < -0.4 is 0 Å². The van der Waals surface area contributed by atoms with Crippen LogP contribution >= 0.6 is 11.8 Å². The van der Waals surface area contributed by atoms with E-state index >= 15 is 0 Å². The molecule has 0 saturated carbocycles. The number of hydrogen-bond donors (Lipinski definition) is 0. The molecule has 0 bridgehead atoms. The quantitative estimate of drug-likeness (QED) is 0.517. The summed E-state index contributed by atoms with van der Waals surface area (Å²) in [7, 11) is 0. The molecule has 0 aliphatic rings. The summed E-state index contributed by atoms with van der Waals surface area (Å²) in [6, 6.07) is 21.1. The first-order valence-corrected chi connectivity index (χ1v) is 7.05. The van der Waals surface area contributed by atoms with Crippen molar-refractivity contribution in [3.63, 3.8) is 0 Å². The molecule has 1 unspecified atom stereocenters. The van der Waals surface area contributed by atoms with Gasteiger partial charge < -0.3 is 0 Å². The summed E-state index contributed by atoms with van der Waals surface area (Å²) in [5.74, 6) is 0. The lowest BCUT2D eigenvalue weighted by atomic mass is 9.95. The van der Waals surface area contributed by atoms with Gasteiger partial charge in [-0.25, -0.2) is 0 Å².